The Morgan fingerprint density at radius 2 is 2.38 bits per heavy atom. The second-order valence-corrected chi connectivity index (χ2v) is 6.51. The van der Waals surface area contributed by atoms with Gasteiger partial charge in [-0.25, -0.2) is 0 Å². The molecule has 24 heavy (non-hydrogen) atoms. The van der Waals surface area contributed by atoms with Crippen molar-refractivity contribution in [2.24, 2.45) is 7.05 Å². The third kappa shape index (κ3) is 2.87. The Hall–Kier alpha value is -2.41. The van der Waals surface area contributed by atoms with Crippen molar-refractivity contribution < 1.29 is 14.3 Å². The van der Waals surface area contributed by atoms with Crippen LogP contribution in [0.15, 0.2) is 36.9 Å². The van der Waals surface area contributed by atoms with Crippen molar-refractivity contribution in [2.75, 3.05) is 19.7 Å². The second kappa shape index (κ2) is 5.90. The van der Waals surface area contributed by atoms with Gasteiger partial charge in [-0.15, -0.1) is 0 Å². The molecule has 0 aromatic carbocycles. The van der Waals surface area contributed by atoms with Crippen LogP contribution in [0.4, 0.5) is 0 Å². The van der Waals surface area contributed by atoms with E-state index in [0.717, 1.165) is 18.6 Å². The van der Waals surface area contributed by atoms with Gasteiger partial charge >= 0.3 is 0 Å². The summed E-state index contributed by atoms with van der Waals surface area (Å²) >= 11 is 0. The lowest BCUT2D eigenvalue weighted by atomic mass is 9.98. The fourth-order valence-electron chi connectivity index (χ4n) is 3.50. The number of aromatic nitrogens is 3. The van der Waals surface area contributed by atoms with Gasteiger partial charge in [0.2, 0.25) is 0 Å². The molecule has 2 aromatic rings. The van der Waals surface area contributed by atoms with Crippen LogP contribution in [0.3, 0.4) is 0 Å². The highest BCUT2D eigenvalue weighted by atomic mass is 16.6. The molecule has 0 N–H and O–H groups in total. The quantitative estimate of drug-likeness (QED) is 0.849. The van der Waals surface area contributed by atoms with E-state index in [2.05, 4.69) is 10.1 Å². The molecule has 0 radical (unpaired) electrons. The Morgan fingerprint density at radius 1 is 1.46 bits per heavy atom. The van der Waals surface area contributed by atoms with Gasteiger partial charge in [0.05, 0.1) is 36.7 Å². The average molecular weight is 328 g/mol. The summed E-state index contributed by atoms with van der Waals surface area (Å²) in [4.78, 5) is 18.5. The number of ether oxygens (including phenoxy) is 2. The molecule has 2 fully saturated rings. The van der Waals surface area contributed by atoms with E-state index in [9.17, 15) is 4.79 Å². The van der Waals surface area contributed by atoms with E-state index in [1.807, 2.05) is 24.1 Å². The SMILES string of the molecule is Cn1cc(C(=O)N2CC[C@]3(C[C@@H](Oc4cccnc4)CO3)C2)cn1. The van der Waals surface area contributed by atoms with E-state index in [-0.39, 0.29) is 17.6 Å². The maximum Gasteiger partial charge on any atom is 0.257 e. The third-order valence-electron chi connectivity index (χ3n) is 4.67. The summed E-state index contributed by atoms with van der Waals surface area (Å²) in [5, 5.41) is 4.07. The molecular formula is C17H20N4O3. The normalized spacial score (nSPS) is 26.2. The molecule has 0 aliphatic carbocycles. The van der Waals surface area contributed by atoms with Crippen LogP contribution in [0.5, 0.6) is 5.75 Å². The fraction of sp³-hybridized carbons (Fsp3) is 0.471. The van der Waals surface area contributed by atoms with Crippen molar-refractivity contribution in [3.63, 3.8) is 0 Å². The monoisotopic (exact) mass is 328 g/mol. The first-order valence-corrected chi connectivity index (χ1v) is 8.12. The van der Waals surface area contributed by atoms with Gasteiger partial charge in [-0.1, -0.05) is 0 Å². The first kappa shape index (κ1) is 15.1. The number of pyridine rings is 1. The molecule has 4 heterocycles. The molecule has 1 spiro atoms. The maximum absolute atomic E-state index is 12.6. The van der Waals surface area contributed by atoms with Gasteiger partial charge < -0.3 is 14.4 Å². The van der Waals surface area contributed by atoms with Crippen LogP contribution in [0, 0.1) is 0 Å². The standard InChI is InChI=1S/C17H20N4O3/c1-20-10-13(8-19-20)16(22)21-6-4-17(12-21)7-15(11-23-17)24-14-3-2-5-18-9-14/h2-3,5,8-10,15H,4,6-7,11-12H2,1H3/t15-,17+/m1/s1. The number of likely N-dealkylation sites (tertiary alicyclic amines) is 1. The minimum atomic E-state index is -0.287. The van der Waals surface area contributed by atoms with Crippen LogP contribution in [-0.2, 0) is 11.8 Å². The average Bonchev–Trinajstić information content (AvgIpc) is 3.30. The highest BCUT2D eigenvalue weighted by Crippen LogP contribution is 2.37. The largest absolute Gasteiger partial charge is 0.486 e. The minimum Gasteiger partial charge on any atom is -0.486 e. The van der Waals surface area contributed by atoms with Crippen molar-refractivity contribution in [1.29, 1.82) is 0 Å². The Kier molecular flexibility index (Phi) is 3.72. The molecule has 2 aromatic heterocycles. The number of nitrogens with zero attached hydrogens (tertiary/aromatic N) is 4. The Morgan fingerprint density at radius 3 is 3.12 bits per heavy atom. The molecular weight excluding hydrogens is 308 g/mol. The number of rotatable bonds is 3. The predicted octanol–water partition coefficient (Wildman–Crippen LogP) is 1.27. The van der Waals surface area contributed by atoms with E-state index >= 15 is 0 Å². The summed E-state index contributed by atoms with van der Waals surface area (Å²) in [5.41, 5.74) is 0.334. The number of hydrogen-bond acceptors (Lipinski definition) is 5. The highest BCUT2D eigenvalue weighted by Gasteiger charge is 2.47. The third-order valence-corrected chi connectivity index (χ3v) is 4.67. The maximum atomic E-state index is 12.6. The summed E-state index contributed by atoms with van der Waals surface area (Å²) in [6, 6.07) is 3.75. The van der Waals surface area contributed by atoms with Crippen LogP contribution in [-0.4, -0.2) is 57.0 Å². The molecule has 0 unspecified atom stereocenters. The van der Waals surface area contributed by atoms with E-state index in [0.29, 0.717) is 25.3 Å². The van der Waals surface area contributed by atoms with Gasteiger partial charge in [0, 0.05) is 32.4 Å². The van der Waals surface area contributed by atoms with Crippen molar-refractivity contribution in [3.8, 4) is 5.75 Å². The zero-order chi connectivity index (χ0) is 16.6. The van der Waals surface area contributed by atoms with E-state index in [1.165, 1.54) is 0 Å². The van der Waals surface area contributed by atoms with Crippen LogP contribution in [0.25, 0.3) is 0 Å². The van der Waals surface area contributed by atoms with Crippen molar-refractivity contribution in [3.05, 3.63) is 42.5 Å². The number of carbonyl (C=O) groups excluding carboxylic acids is 1. The molecule has 0 saturated carbocycles. The van der Waals surface area contributed by atoms with Crippen LogP contribution in [0.1, 0.15) is 23.2 Å². The van der Waals surface area contributed by atoms with Crippen molar-refractivity contribution >= 4 is 5.91 Å². The van der Waals surface area contributed by atoms with Gasteiger partial charge in [0.1, 0.15) is 11.9 Å². The highest BCUT2D eigenvalue weighted by molar-refractivity contribution is 5.94. The lowest BCUT2D eigenvalue weighted by Gasteiger charge is -2.23. The summed E-state index contributed by atoms with van der Waals surface area (Å²) in [6.07, 6.45) is 8.41. The molecule has 1 amide bonds. The summed E-state index contributed by atoms with van der Waals surface area (Å²) in [5.74, 6) is 0.768. The van der Waals surface area contributed by atoms with E-state index in [1.54, 1.807) is 29.5 Å². The predicted molar refractivity (Wildman–Crippen MR) is 85.7 cm³/mol. The molecule has 4 rings (SSSR count). The zero-order valence-corrected chi connectivity index (χ0v) is 13.6. The van der Waals surface area contributed by atoms with Crippen molar-refractivity contribution in [2.45, 2.75) is 24.5 Å². The van der Waals surface area contributed by atoms with Crippen LogP contribution >= 0.6 is 0 Å². The van der Waals surface area contributed by atoms with Gasteiger partial charge in [-0.3, -0.25) is 14.5 Å². The van der Waals surface area contributed by atoms with E-state index < -0.39 is 0 Å². The van der Waals surface area contributed by atoms with Crippen LogP contribution < -0.4 is 4.74 Å². The minimum absolute atomic E-state index is 0.00245. The number of aryl methyl sites for hydroxylation is 1. The zero-order valence-electron chi connectivity index (χ0n) is 13.6. The first-order valence-electron chi connectivity index (χ1n) is 8.12. The molecule has 2 atom stereocenters. The van der Waals surface area contributed by atoms with Gasteiger partial charge in [0.15, 0.2) is 0 Å². The smallest absolute Gasteiger partial charge is 0.257 e. The van der Waals surface area contributed by atoms with Gasteiger partial charge in [-0.05, 0) is 18.6 Å². The summed E-state index contributed by atoms with van der Waals surface area (Å²) < 4.78 is 13.6. The molecule has 2 aliphatic heterocycles. The Bertz CT molecular complexity index is 732. The first-order chi connectivity index (χ1) is 11.6. The lowest BCUT2D eigenvalue weighted by Crippen LogP contribution is -2.36. The molecule has 2 saturated heterocycles. The molecule has 7 heteroatoms. The number of amides is 1. The summed E-state index contributed by atoms with van der Waals surface area (Å²) in [7, 11) is 1.81. The summed E-state index contributed by atoms with van der Waals surface area (Å²) in [6.45, 7) is 1.85. The van der Waals surface area contributed by atoms with E-state index in [4.69, 9.17) is 9.47 Å². The van der Waals surface area contributed by atoms with Gasteiger partial charge in [0.25, 0.3) is 5.91 Å². The van der Waals surface area contributed by atoms with Gasteiger partial charge in [-0.2, -0.15) is 5.10 Å². The van der Waals surface area contributed by atoms with Crippen molar-refractivity contribution in [1.82, 2.24) is 19.7 Å². The molecule has 7 nitrogen and oxygen atoms in total. The molecule has 126 valence electrons. The Balaban J connectivity index is 1.38. The number of hydrogen-bond donors (Lipinski definition) is 0. The second-order valence-electron chi connectivity index (χ2n) is 6.51. The van der Waals surface area contributed by atoms with Crippen LogP contribution in [0.2, 0.25) is 0 Å². The number of carbonyl (C=O) groups is 1. The lowest BCUT2D eigenvalue weighted by molar-refractivity contribution is 0.00995. The molecule has 2 aliphatic rings. The Labute approximate surface area is 140 Å². The molecule has 0 bridgehead atoms. The topological polar surface area (TPSA) is 69.5 Å². The fourth-order valence-corrected chi connectivity index (χ4v) is 3.50.